The van der Waals surface area contributed by atoms with Gasteiger partial charge in [-0.3, -0.25) is 4.79 Å². The molecule has 0 aliphatic carbocycles. The number of carbonyl (C=O) groups excluding carboxylic acids is 1. The molecule has 0 bridgehead atoms. The van der Waals surface area contributed by atoms with Crippen molar-refractivity contribution in [2.75, 3.05) is 13.1 Å². The van der Waals surface area contributed by atoms with Crippen LogP contribution in [0.25, 0.3) is 0 Å². The van der Waals surface area contributed by atoms with Crippen LogP contribution >= 0.6 is 23.1 Å². The molecule has 0 saturated heterocycles. The highest BCUT2D eigenvalue weighted by atomic mass is 32.2. The first kappa shape index (κ1) is 17.8. The zero-order valence-electron chi connectivity index (χ0n) is 13.8. The summed E-state index contributed by atoms with van der Waals surface area (Å²) in [6, 6.07) is 7.86. The summed E-state index contributed by atoms with van der Waals surface area (Å²) in [5.74, 6) is 0.926. The Balaban J connectivity index is 1.97. The Labute approximate surface area is 146 Å². The van der Waals surface area contributed by atoms with Gasteiger partial charge in [0, 0.05) is 35.5 Å². The van der Waals surface area contributed by atoms with Crippen molar-refractivity contribution in [3.63, 3.8) is 0 Å². The molecule has 1 amide bonds. The highest BCUT2D eigenvalue weighted by Crippen LogP contribution is 2.26. The highest BCUT2D eigenvalue weighted by Gasteiger charge is 2.13. The maximum atomic E-state index is 12.5. The lowest BCUT2D eigenvalue weighted by molar-refractivity contribution is 0.0778. The van der Waals surface area contributed by atoms with Gasteiger partial charge in [0.15, 0.2) is 0 Å². The SMILES string of the molecule is C=C(C)CN(CC)C(=O)c1ccc(CSc2nc(C)cs2)cc1. The molecule has 0 spiro atoms. The van der Waals surface area contributed by atoms with E-state index >= 15 is 0 Å². The van der Waals surface area contributed by atoms with Gasteiger partial charge in [-0.05, 0) is 38.5 Å². The van der Waals surface area contributed by atoms with Gasteiger partial charge in [0.2, 0.25) is 0 Å². The lowest BCUT2D eigenvalue weighted by atomic mass is 10.1. The molecule has 5 heteroatoms. The Hall–Kier alpha value is -1.59. The van der Waals surface area contributed by atoms with E-state index in [-0.39, 0.29) is 5.91 Å². The summed E-state index contributed by atoms with van der Waals surface area (Å²) in [6.07, 6.45) is 0. The molecule has 0 saturated carbocycles. The molecule has 1 heterocycles. The second-order valence-corrected chi connectivity index (χ2v) is 7.60. The second-order valence-electron chi connectivity index (χ2n) is 5.52. The number of nitrogens with zero attached hydrogens (tertiary/aromatic N) is 2. The molecule has 1 aromatic carbocycles. The summed E-state index contributed by atoms with van der Waals surface area (Å²) in [4.78, 5) is 18.7. The van der Waals surface area contributed by atoms with Crippen LogP contribution in [0.1, 0.15) is 35.5 Å². The average Bonchev–Trinajstić information content (AvgIpc) is 2.96. The van der Waals surface area contributed by atoms with E-state index in [1.807, 2.05) is 49.9 Å². The van der Waals surface area contributed by atoms with Crippen molar-refractivity contribution in [3.05, 3.63) is 58.6 Å². The van der Waals surface area contributed by atoms with Crippen LogP contribution in [0, 0.1) is 6.92 Å². The molecule has 0 aliphatic rings. The Morgan fingerprint density at radius 2 is 2.04 bits per heavy atom. The molecule has 0 atom stereocenters. The molecular weight excluding hydrogens is 324 g/mol. The molecule has 0 N–H and O–H groups in total. The minimum atomic E-state index is 0.0604. The number of thioether (sulfide) groups is 1. The molecule has 2 rings (SSSR count). The molecule has 122 valence electrons. The zero-order valence-corrected chi connectivity index (χ0v) is 15.5. The molecule has 0 fully saturated rings. The van der Waals surface area contributed by atoms with Gasteiger partial charge >= 0.3 is 0 Å². The first-order valence-electron chi connectivity index (χ1n) is 7.57. The van der Waals surface area contributed by atoms with Gasteiger partial charge in [-0.2, -0.15) is 0 Å². The largest absolute Gasteiger partial charge is 0.335 e. The van der Waals surface area contributed by atoms with Crippen LogP contribution in [0.15, 0.2) is 46.1 Å². The average molecular weight is 347 g/mol. The quantitative estimate of drug-likeness (QED) is 0.534. The first-order chi connectivity index (χ1) is 11.0. The van der Waals surface area contributed by atoms with Gasteiger partial charge in [-0.25, -0.2) is 4.98 Å². The van der Waals surface area contributed by atoms with Gasteiger partial charge < -0.3 is 4.90 Å². The fourth-order valence-corrected chi connectivity index (χ4v) is 3.93. The van der Waals surface area contributed by atoms with Crippen molar-refractivity contribution in [1.29, 1.82) is 0 Å². The standard InChI is InChI=1S/C18H22N2OS2/c1-5-20(10-13(2)3)17(21)16-8-6-15(7-9-16)12-23-18-19-14(4)11-22-18/h6-9,11H,2,5,10,12H2,1,3-4H3. The summed E-state index contributed by atoms with van der Waals surface area (Å²) >= 11 is 3.40. The number of rotatable bonds is 7. The number of likely N-dealkylation sites (N-methyl/N-ethyl adjacent to an activating group) is 1. The van der Waals surface area contributed by atoms with E-state index in [0.29, 0.717) is 13.1 Å². The maximum absolute atomic E-state index is 12.5. The number of hydrogen-bond donors (Lipinski definition) is 0. The van der Waals surface area contributed by atoms with Gasteiger partial charge in [-0.15, -0.1) is 11.3 Å². The number of thiazole rings is 1. The van der Waals surface area contributed by atoms with Gasteiger partial charge in [-0.1, -0.05) is 36.0 Å². The second kappa shape index (κ2) is 8.31. The normalized spacial score (nSPS) is 10.6. The van der Waals surface area contributed by atoms with Crippen LogP contribution in [-0.4, -0.2) is 28.9 Å². The Morgan fingerprint density at radius 3 is 2.57 bits per heavy atom. The topological polar surface area (TPSA) is 33.2 Å². The van der Waals surface area contributed by atoms with Crippen molar-refractivity contribution >= 4 is 29.0 Å². The monoisotopic (exact) mass is 346 g/mol. The van der Waals surface area contributed by atoms with E-state index in [1.54, 1.807) is 23.1 Å². The van der Waals surface area contributed by atoms with Crippen LogP contribution < -0.4 is 0 Å². The van der Waals surface area contributed by atoms with Crippen molar-refractivity contribution in [1.82, 2.24) is 9.88 Å². The first-order valence-corrected chi connectivity index (χ1v) is 9.43. The number of hydrogen-bond acceptors (Lipinski definition) is 4. The van der Waals surface area contributed by atoms with E-state index in [9.17, 15) is 4.79 Å². The number of benzene rings is 1. The van der Waals surface area contributed by atoms with Gasteiger partial charge in [0.1, 0.15) is 4.34 Å². The fraction of sp³-hybridized carbons (Fsp3) is 0.333. The Kier molecular flexibility index (Phi) is 6.42. The summed E-state index contributed by atoms with van der Waals surface area (Å²) in [5.41, 5.74) is 3.98. The number of aromatic nitrogens is 1. The minimum absolute atomic E-state index is 0.0604. The van der Waals surface area contributed by atoms with Crippen molar-refractivity contribution in [2.45, 2.75) is 30.9 Å². The summed E-state index contributed by atoms with van der Waals surface area (Å²) in [6.45, 7) is 11.1. The third-order valence-corrected chi connectivity index (χ3v) is 5.50. The molecule has 0 unspecified atom stereocenters. The van der Waals surface area contributed by atoms with Crippen molar-refractivity contribution < 1.29 is 4.79 Å². The van der Waals surface area contributed by atoms with E-state index in [1.165, 1.54) is 5.56 Å². The lowest BCUT2D eigenvalue weighted by Gasteiger charge is -2.21. The predicted octanol–water partition coefficient (Wildman–Crippen LogP) is 4.78. The third kappa shape index (κ3) is 5.22. The highest BCUT2D eigenvalue weighted by molar-refractivity contribution is 8.00. The van der Waals surface area contributed by atoms with Gasteiger partial charge in [0.25, 0.3) is 5.91 Å². The van der Waals surface area contributed by atoms with E-state index < -0.39 is 0 Å². The van der Waals surface area contributed by atoms with Crippen LogP contribution in [0.2, 0.25) is 0 Å². The molecular formula is C18H22N2OS2. The maximum Gasteiger partial charge on any atom is 0.254 e. The van der Waals surface area contributed by atoms with Crippen molar-refractivity contribution in [3.8, 4) is 0 Å². The van der Waals surface area contributed by atoms with Crippen LogP contribution in [-0.2, 0) is 5.75 Å². The fourth-order valence-electron chi connectivity index (χ4n) is 2.12. The van der Waals surface area contributed by atoms with Crippen LogP contribution in [0.3, 0.4) is 0 Å². The Bertz CT molecular complexity index is 677. The smallest absolute Gasteiger partial charge is 0.254 e. The minimum Gasteiger partial charge on any atom is -0.335 e. The van der Waals surface area contributed by atoms with Crippen molar-refractivity contribution in [2.24, 2.45) is 0 Å². The molecule has 23 heavy (non-hydrogen) atoms. The molecule has 2 aromatic rings. The molecule has 1 aromatic heterocycles. The number of carbonyl (C=O) groups is 1. The molecule has 0 radical (unpaired) electrons. The van der Waals surface area contributed by atoms with E-state index in [0.717, 1.165) is 26.9 Å². The molecule has 0 aliphatic heterocycles. The molecule has 3 nitrogen and oxygen atoms in total. The zero-order chi connectivity index (χ0) is 16.8. The summed E-state index contributed by atoms with van der Waals surface area (Å²) in [7, 11) is 0. The van der Waals surface area contributed by atoms with Crippen LogP contribution in [0.4, 0.5) is 0 Å². The lowest BCUT2D eigenvalue weighted by Crippen LogP contribution is -2.32. The summed E-state index contributed by atoms with van der Waals surface area (Å²) in [5, 5.41) is 2.06. The summed E-state index contributed by atoms with van der Waals surface area (Å²) < 4.78 is 1.08. The van der Waals surface area contributed by atoms with Crippen LogP contribution in [0.5, 0.6) is 0 Å². The van der Waals surface area contributed by atoms with E-state index in [2.05, 4.69) is 16.9 Å². The Morgan fingerprint density at radius 1 is 1.35 bits per heavy atom. The predicted molar refractivity (Wildman–Crippen MR) is 99.2 cm³/mol. The number of amides is 1. The number of aryl methyl sites for hydroxylation is 1. The van der Waals surface area contributed by atoms with Gasteiger partial charge in [0.05, 0.1) is 0 Å². The third-order valence-electron chi connectivity index (χ3n) is 3.29. The van der Waals surface area contributed by atoms with E-state index in [4.69, 9.17) is 0 Å².